The molecule has 0 unspecified atom stereocenters. The van der Waals surface area contributed by atoms with Gasteiger partial charge >= 0.3 is 0 Å². The van der Waals surface area contributed by atoms with Crippen molar-refractivity contribution < 1.29 is 0 Å². The van der Waals surface area contributed by atoms with Gasteiger partial charge in [0.15, 0.2) is 0 Å². The number of fused-ring (bicyclic) bond motifs is 1. The summed E-state index contributed by atoms with van der Waals surface area (Å²) in [6.07, 6.45) is 0. The Kier molecular flexibility index (Phi) is 2.83. The molecule has 0 amide bonds. The van der Waals surface area contributed by atoms with E-state index in [9.17, 15) is 0 Å². The molecule has 0 heterocycles. The van der Waals surface area contributed by atoms with Gasteiger partial charge in [0.05, 0.1) is 0 Å². The van der Waals surface area contributed by atoms with Gasteiger partial charge in [0.25, 0.3) is 0 Å². The van der Waals surface area contributed by atoms with Gasteiger partial charge in [-0.05, 0) is 17.0 Å². The molecular weight excluding hydrogens is 206 g/mol. The lowest BCUT2D eigenvalue weighted by Gasteiger charge is -2.16. The van der Waals surface area contributed by atoms with Gasteiger partial charge in [-0.25, -0.2) is 0 Å². The van der Waals surface area contributed by atoms with Crippen LogP contribution in [-0.2, 0) is 5.88 Å². The van der Waals surface area contributed by atoms with Gasteiger partial charge in [0.1, 0.15) is 0 Å². The first kappa shape index (κ1) is 10.3. The highest BCUT2D eigenvalue weighted by Crippen LogP contribution is 2.28. The molecule has 1 nitrogen and oxygen atoms in total. The van der Waals surface area contributed by atoms with Crippen molar-refractivity contribution in [3.8, 4) is 0 Å². The van der Waals surface area contributed by atoms with Crippen LogP contribution in [0, 0.1) is 0 Å². The highest BCUT2D eigenvalue weighted by Gasteiger charge is 2.05. The molecule has 78 valence electrons. The van der Waals surface area contributed by atoms with Crippen LogP contribution in [0.5, 0.6) is 0 Å². The third-order valence-electron chi connectivity index (χ3n) is 2.62. The highest BCUT2D eigenvalue weighted by molar-refractivity contribution is 6.18. The Morgan fingerprint density at radius 3 is 2.27 bits per heavy atom. The van der Waals surface area contributed by atoms with E-state index in [1.165, 1.54) is 22.0 Å². The summed E-state index contributed by atoms with van der Waals surface area (Å²) >= 11 is 5.92. The average Bonchev–Trinajstić information content (AvgIpc) is 2.27. The van der Waals surface area contributed by atoms with E-state index in [0.717, 1.165) is 0 Å². The van der Waals surface area contributed by atoms with Crippen molar-refractivity contribution in [1.29, 1.82) is 0 Å². The molecule has 0 saturated heterocycles. The first-order chi connectivity index (χ1) is 7.24. The number of halogens is 1. The Morgan fingerprint density at radius 1 is 1.00 bits per heavy atom. The largest absolute Gasteiger partial charge is 0.377 e. The highest BCUT2D eigenvalue weighted by atomic mass is 35.5. The molecule has 2 aromatic carbocycles. The summed E-state index contributed by atoms with van der Waals surface area (Å²) in [6.45, 7) is 0. The summed E-state index contributed by atoms with van der Waals surface area (Å²) in [5, 5.41) is 2.51. The fraction of sp³-hybridized carbons (Fsp3) is 0.231. The molecule has 2 rings (SSSR count). The van der Waals surface area contributed by atoms with E-state index in [2.05, 4.69) is 55.4 Å². The fourth-order valence-electron chi connectivity index (χ4n) is 1.85. The second-order valence-electron chi connectivity index (χ2n) is 3.82. The van der Waals surface area contributed by atoms with Crippen LogP contribution in [0.4, 0.5) is 5.69 Å². The third kappa shape index (κ3) is 1.80. The maximum absolute atomic E-state index is 5.92. The number of anilines is 1. The van der Waals surface area contributed by atoms with E-state index in [0.29, 0.717) is 5.88 Å². The van der Waals surface area contributed by atoms with Crippen molar-refractivity contribution in [3.05, 3.63) is 42.0 Å². The van der Waals surface area contributed by atoms with E-state index in [1.54, 1.807) is 0 Å². The summed E-state index contributed by atoms with van der Waals surface area (Å²) in [5.74, 6) is 0.564. The minimum Gasteiger partial charge on any atom is -0.377 e. The van der Waals surface area contributed by atoms with Crippen LogP contribution < -0.4 is 4.90 Å². The van der Waals surface area contributed by atoms with Crippen LogP contribution in [0.1, 0.15) is 5.56 Å². The molecule has 0 fully saturated rings. The second-order valence-corrected chi connectivity index (χ2v) is 4.08. The average molecular weight is 220 g/mol. The minimum absolute atomic E-state index is 0.564. The van der Waals surface area contributed by atoms with Crippen molar-refractivity contribution in [2.24, 2.45) is 0 Å². The number of nitrogens with zero attached hydrogens (tertiary/aromatic N) is 1. The maximum atomic E-state index is 5.92. The van der Waals surface area contributed by atoms with Gasteiger partial charge in [0.2, 0.25) is 0 Å². The molecule has 0 atom stereocenters. The summed E-state index contributed by atoms with van der Waals surface area (Å²) in [5.41, 5.74) is 2.43. The Balaban J connectivity index is 2.77. The predicted octanol–water partition coefficient (Wildman–Crippen LogP) is 3.64. The van der Waals surface area contributed by atoms with E-state index in [-0.39, 0.29) is 0 Å². The summed E-state index contributed by atoms with van der Waals surface area (Å²) < 4.78 is 0. The van der Waals surface area contributed by atoms with E-state index < -0.39 is 0 Å². The van der Waals surface area contributed by atoms with Gasteiger partial charge < -0.3 is 4.90 Å². The van der Waals surface area contributed by atoms with Crippen molar-refractivity contribution >= 4 is 28.1 Å². The molecule has 0 aliphatic carbocycles. The van der Waals surface area contributed by atoms with Crippen molar-refractivity contribution in [1.82, 2.24) is 0 Å². The lowest BCUT2D eigenvalue weighted by molar-refractivity contribution is 1.14. The molecule has 0 spiro atoms. The van der Waals surface area contributed by atoms with Crippen molar-refractivity contribution in [2.75, 3.05) is 19.0 Å². The Morgan fingerprint density at radius 2 is 1.67 bits per heavy atom. The molecule has 0 N–H and O–H groups in total. The number of alkyl halides is 1. The molecule has 0 aliphatic heterocycles. The van der Waals surface area contributed by atoms with Gasteiger partial charge in [-0.2, -0.15) is 0 Å². The second kappa shape index (κ2) is 4.11. The molecule has 0 saturated carbocycles. The van der Waals surface area contributed by atoms with Gasteiger partial charge in [0, 0.05) is 31.0 Å². The number of hydrogen-bond acceptors (Lipinski definition) is 1. The predicted molar refractivity (Wildman–Crippen MR) is 67.8 cm³/mol. The monoisotopic (exact) mass is 219 g/mol. The minimum atomic E-state index is 0.564. The quantitative estimate of drug-likeness (QED) is 0.697. The lowest BCUT2D eigenvalue weighted by atomic mass is 10.0. The molecule has 0 bridgehead atoms. The maximum Gasteiger partial charge on any atom is 0.0480 e. The smallest absolute Gasteiger partial charge is 0.0480 e. The normalized spacial score (nSPS) is 10.6. The van der Waals surface area contributed by atoms with Gasteiger partial charge in [-0.3, -0.25) is 0 Å². The molecule has 2 heteroatoms. The van der Waals surface area contributed by atoms with Crippen LogP contribution in [0.2, 0.25) is 0 Å². The van der Waals surface area contributed by atoms with Crippen LogP contribution in [-0.4, -0.2) is 14.1 Å². The third-order valence-corrected chi connectivity index (χ3v) is 2.91. The van der Waals surface area contributed by atoms with E-state index >= 15 is 0 Å². The lowest BCUT2D eigenvalue weighted by Crippen LogP contribution is -2.09. The zero-order chi connectivity index (χ0) is 10.8. The Labute approximate surface area is 95.3 Å². The molecule has 2 aromatic rings. The Bertz CT molecular complexity index is 477. The van der Waals surface area contributed by atoms with E-state index in [4.69, 9.17) is 11.6 Å². The molecule has 0 aliphatic rings. The number of benzene rings is 2. The summed E-state index contributed by atoms with van der Waals surface area (Å²) in [4.78, 5) is 2.13. The fourth-order valence-corrected chi connectivity index (χ4v) is 2.09. The van der Waals surface area contributed by atoms with Crippen LogP contribution in [0.15, 0.2) is 36.4 Å². The molecule has 15 heavy (non-hydrogen) atoms. The van der Waals surface area contributed by atoms with Crippen molar-refractivity contribution in [2.45, 2.75) is 5.88 Å². The summed E-state index contributed by atoms with van der Waals surface area (Å²) in [6, 6.07) is 12.6. The summed E-state index contributed by atoms with van der Waals surface area (Å²) in [7, 11) is 4.12. The van der Waals surface area contributed by atoms with Crippen LogP contribution in [0.3, 0.4) is 0 Å². The first-order valence-corrected chi connectivity index (χ1v) is 5.51. The molecule has 0 radical (unpaired) electrons. The van der Waals surface area contributed by atoms with Crippen molar-refractivity contribution in [3.63, 3.8) is 0 Å². The number of rotatable bonds is 2. The van der Waals surface area contributed by atoms with Crippen LogP contribution in [0.25, 0.3) is 10.8 Å². The Hall–Kier alpha value is -1.21. The topological polar surface area (TPSA) is 3.24 Å². The standard InChI is InChI=1S/C13H14ClN/c1-15(2)13-8-7-10(9-14)11-5-3-4-6-12(11)13/h3-8H,9H2,1-2H3. The van der Waals surface area contributed by atoms with E-state index in [1.807, 2.05) is 0 Å². The zero-order valence-corrected chi connectivity index (χ0v) is 9.75. The van der Waals surface area contributed by atoms with Crippen LogP contribution >= 0.6 is 11.6 Å². The van der Waals surface area contributed by atoms with Gasteiger partial charge in [-0.15, -0.1) is 11.6 Å². The SMILES string of the molecule is CN(C)c1ccc(CCl)c2ccccc12. The zero-order valence-electron chi connectivity index (χ0n) is 9.00. The van der Waals surface area contributed by atoms with Gasteiger partial charge in [-0.1, -0.05) is 30.3 Å². The number of hydrogen-bond donors (Lipinski definition) is 0. The molecule has 0 aromatic heterocycles. The first-order valence-electron chi connectivity index (χ1n) is 4.98. The molecular formula is C13H14ClN.